The van der Waals surface area contributed by atoms with Crippen LogP contribution in [-0.4, -0.2) is 70.7 Å². The topological polar surface area (TPSA) is 214 Å². The van der Waals surface area contributed by atoms with Gasteiger partial charge in [-0.1, -0.05) is 0 Å². The highest BCUT2D eigenvalue weighted by molar-refractivity contribution is 7.93. The Labute approximate surface area is 208 Å². The number of rotatable bonds is 6. The minimum atomic E-state index is -6.16. The summed E-state index contributed by atoms with van der Waals surface area (Å²) in [6, 6.07) is 1.81. The van der Waals surface area contributed by atoms with Crippen molar-refractivity contribution < 1.29 is 73.8 Å². The number of aliphatic hydroxyl groups excluding tert-OH is 2. The van der Waals surface area contributed by atoms with Gasteiger partial charge in [0.1, 0.15) is 23.0 Å². The zero-order valence-corrected chi connectivity index (χ0v) is 19.7. The van der Waals surface area contributed by atoms with Crippen molar-refractivity contribution in [3.8, 4) is 23.0 Å². The van der Waals surface area contributed by atoms with Crippen LogP contribution in [0.3, 0.4) is 0 Å². The Morgan fingerprint density at radius 3 is 1.16 bits per heavy atom. The quantitative estimate of drug-likeness (QED) is 0.225. The number of sulfonamides is 2. The average Bonchev–Trinajstić information content (AvgIpc) is 2.70. The number of phenols is 4. The van der Waals surface area contributed by atoms with E-state index < -0.39 is 101 Å². The summed E-state index contributed by atoms with van der Waals surface area (Å²) in [6.45, 7) is 0. The Hall–Kier alpha value is -3.36. The number of hydrogen-bond acceptors (Lipinski definition) is 10. The third kappa shape index (κ3) is 5.02. The highest BCUT2D eigenvalue weighted by atomic mass is 32.2. The first-order valence-electron chi connectivity index (χ1n) is 9.75. The summed E-state index contributed by atoms with van der Waals surface area (Å²) in [5, 5.41) is 61.0. The minimum absolute atomic E-state index is 0.395. The molecule has 0 aliphatic heterocycles. The molecule has 1 aliphatic carbocycles. The van der Waals surface area contributed by atoms with Gasteiger partial charge in [0.2, 0.25) is 0 Å². The molecule has 8 N–H and O–H groups in total. The molecule has 0 amide bonds. The molecule has 0 spiro atoms. The second-order valence-corrected chi connectivity index (χ2v) is 11.3. The molecule has 212 valence electrons. The maximum Gasteiger partial charge on any atom is 0.516 e. The Bertz CT molecular complexity index is 1360. The molecule has 2 aromatic rings. The molecular formula is C18H16F6N2O10S2. The second kappa shape index (κ2) is 9.13. The number of halogens is 6. The van der Waals surface area contributed by atoms with E-state index in [0.717, 1.165) is 9.44 Å². The fraction of sp³-hybridized carbons (Fsp3) is 0.333. The predicted molar refractivity (Wildman–Crippen MR) is 114 cm³/mol. The van der Waals surface area contributed by atoms with Gasteiger partial charge in [0.15, 0.2) is 0 Å². The molecule has 20 heteroatoms. The molecule has 1 saturated carbocycles. The SMILES string of the molecule is O=S(=O)(Nc1cc(O)cc(O)c1C1C(O)C(c2c(O)cc(O)cc2NS(=O)(=O)C(F)(F)F)C1O)C(F)(F)F. The summed E-state index contributed by atoms with van der Waals surface area (Å²) in [5.74, 6) is -7.95. The molecule has 0 aromatic heterocycles. The Balaban J connectivity index is 2.10. The van der Waals surface area contributed by atoms with E-state index in [1.807, 2.05) is 0 Å². The smallest absolute Gasteiger partial charge is 0.508 e. The molecule has 0 heterocycles. The fourth-order valence-electron chi connectivity index (χ4n) is 3.91. The first kappa shape index (κ1) is 29.2. The van der Waals surface area contributed by atoms with Crippen molar-refractivity contribution in [2.24, 2.45) is 0 Å². The summed E-state index contributed by atoms with van der Waals surface area (Å²) in [6.07, 6.45) is -4.25. The molecule has 3 rings (SSSR count). The number of anilines is 2. The van der Waals surface area contributed by atoms with Crippen molar-refractivity contribution in [2.45, 2.75) is 35.1 Å². The van der Waals surface area contributed by atoms with Crippen LogP contribution in [-0.2, 0) is 20.0 Å². The highest BCUT2D eigenvalue weighted by Crippen LogP contribution is 2.56. The van der Waals surface area contributed by atoms with Crippen molar-refractivity contribution in [1.29, 1.82) is 0 Å². The zero-order valence-electron chi connectivity index (χ0n) is 18.0. The molecule has 2 aromatic carbocycles. The van der Waals surface area contributed by atoms with Crippen molar-refractivity contribution in [2.75, 3.05) is 9.44 Å². The third-order valence-electron chi connectivity index (χ3n) is 5.52. The highest BCUT2D eigenvalue weighted by Gasteiger charge is 2.55. The minimum Gasteiger partial charge on any atom is -0.508 e. The third-order valence-corrected chi connectivity index (χ3v) is 7.72. The second-order valence-electron chi connectivity index (χ2n) is 7.99. The molecule has 1 fully saturated rings. The molecule has 0 saturated heterocycles. The molecule has 1 aliphatic rings. The summed E-state index contributed by atoms with van der Waals surface area (Å²) in [7, 11) is -12.3. The number of hydrogen-bond donors (Lipinski definition) is 8. The van der Waals surface area contributed by atoms with Gasteiger partial charge in [-0.15, -0.1) is 0 Å². The van der Waals surface area contributed by atoms with Gasteiger partial charge in [0.05, 0.1) is 23.6 Å². The molecule has 0 unspecified atom stereocenters. The fourth-order valence-corrected chi connectivity index (χ4v) is 5.06. The number of alkyl halides is 6. The number of phenolic OH excluding ortho intramolecular Hbond substituents is 4. The van der Waals surface area contributed by atoms with Gasteiger partial charge >= 0.3 is 31.1 Å². The van der Waals surface area contributed by atoms with E-state index in [9.17, 15) is 73.8 Å². The number of aliphatic hydroxyl groups is 2. The van der Waals surface area contributed by atoms with E-state index >= 15 is 0 Å². The first-order chi connectivity index (χ1) is 17.1. The van der Waals surface area contributed by atoms with E-state index in [2.05, 4.69) is 0 Å². The van der Waals surface area contributed by atoms with Crippen molar-refractivity contribution in [3.05, 3.63) is 35.4 Å². The van der Waals surface area contributed by atoms with Crippen LogP contribution < -0.4 is 9.44 Å². The van der Waals surface area contributed by atoms with Gasteiger partial charge in [0, 0.05) is 47.2 Å². The Morgan fingerprint density at radius 2 is 0.895 bits per heavy atom. The largest absolute Gasteiger partial charge is 0.516 e. The number of nitrogens with one attached hydrogen (secondary N) is 2. The van der Waals surface area contributed by atoms with Crippen molar-refractivity contribution in [3.63, 3.8) is 0 Å². The van der Waals surface area contributed by atoms with Crippen LogP contribution in [0.25, 0.3) is 0 Å². The molecule has 0 bridgehead atoms. The lowest BCUT2D eigenvalue weighted by Crippen LogP contribution is -2.52. The lowest BCUT2D eigenvalue weighted by atomic mass is 9.62. The molecular weight excluding hydrogens is 582 g/mol. The average molecular weight is 598 g/mol. The first-order valence-corrected chi connectivity index (χ1v) is 12.7. The number of aromatic hydroxyl groups is 4. The Morgan fingerprint density at radius 1 is 0.605 bits per heavy atom. The van der Waals surface area contributed by atoms with Crippen LogP contribution in [0.5, 0.6) is 23.0 Å². The maximum atomic E-state index is 12.9. The summed E-state index contributed by atoms with van der Waals surface area (Å²) in [5.41, 5.74) is -15.8. The summed E-state index contributed by atoms with van der Waals surface area (Å²) < 4.78 is 126. The van der Waals surface area contributed by atoms with Gasteiger partial charge in [-0.25, -0.2) is 0 Å². The summed E-state index contributed by atoms with van der Waals surface area (Å²) >= 11 is 0. The van der Waals surface area contributed by atoms with Gasteiger partial charge in [-0.3, -0.25) is 9.44 Å². The van der Waals surface area contributed by atoms with Gasteiger partial charge in [-0.2, -0.15) is 43.2 Å². The van der Waals surface area contributed by atoms with E-state index in [1.54, 1.807) is 0 Å². The van der Waals surface area contributed by atoms with Crippen LogP contribution in [0, 0.1) is 0 Å². The van der Waals surface area contributed by atoms with Gasteiger partial charge in [0.25, 0.3) is 0 Å². The zero-order chi connectivity index (χ0) is 29.2. The van der Waals surface area contributed by atoms with E-state index in [-0.39, 0.29) is 0 Å². The van der Waals surface area contributed by atoms with Crippen LogP contribution in [0.1, 0.15) is 23.0 Å². The van der Waals surface area contributed by atoms with Gasteiger partial charge < -0.3 is 30.6 Å². The molecule has 12 nitrogen and oxygen atoms in total. The predicted octanol–water partition coefficient (Wildman–Crippen LogP) is 1.63. The lowest BCUT2D eigenvalue weighted by Gasteiger charge is -2.48. The van der Waals surface area contributed by atoms with Crippen molar-refractivity contribution >= 4 is 31.4 Å². The standard InChI is InChI=1S/C18H16F6N2O10S2/c19-17(20,21)37(33,34)25-7-1-5(27)3-9(29)11(7)13-15(31)14(16(13)32)12-8(2-6(28)4-10(12)30)26-38(35,36)18(22,23)24/h1-4,13-16,25-32H. The molecule has 0 atom stereocenters. The van der Waals surface area contributed by atoms with E-state index in [0.29, 0.717) is 24.3 Å². The maximum absolute atomic E-state index is 12.9. The monoisotopic (exact) mass is 598 g/mol. The van der Waals surface area contributed by atoms with Crippen LogP contribution >= 0.6 is 0 Å². The molecule has 38 heavy (non-hydrogen) atoms. The lowest BCUT2D eigenvalue weighted by molar-refractivity contribution is -0.0793. The van der Waals surface area contributed by atoms with Gasteiger partial charge in [-0.05, 0) is 0 Å². The normalized spacial score (nSPS) is 22.5. The Kier molecular flexibility index (Phi) is 7.02. The van der Waals surface area contributed by atoms with Crippen LogP contribution in [0.4, 0.5) is 37.7 Å². The number of benzene rings is 2. The summed E-state index contributed by atoms with van der Waals surface area (Å²) in [4.78, 5) is 0. The van der Waals surface area contributed by atoms with E-state index in [1.165, 1.54) is 0 Å². The van der Waals surface area contributed by atoms with E-state index in [4.69, 9.17) is 0 Å². The van der Waals surface area contributed by atoms with Crippen LogP contribution in [0.2, 0.25) is 0 Å². The van der Waals surface area contributed by atoms with Crippen LogP contribution in [0.15, 0.2) is 24.3 Å². The molecule has 0 radical (unpaired) electrons. The van der Waals surface area contributed by atoms with Crippen molar-refractivity contribution in [1.82, 2.24) is 0 Å².